The van der Waals surface area contributed by atoms with Crippen LogP contribution in [0.4, 0.5) is 10.1 Å². The van der Waals surface area contributed by atoms with Crippen molar-refractivity contribution in [2.75, 3.05) is 0 Å². The van der Waals surface area contributed by atoms with Gasteiger partial charge in [-0.05, 0) is 31.0 Å². The number of nitrogens with one attached hydrogen (secondary N) is 1. The molecule has 0 radical (unpaired) electrons. The first-order chi connectivity index (χ1) is 9.97. The van der Waals surface area contributed by atoms with Gasteiger partial charge in [-0.15, -0.1) is 0 Å². The van der Waals surface area contributed by atoms with Gasteiger partial charge in [-0.1, -0.05) is 35.9 Å². The zero-order valence-electron chi connectivity index (χ0n) is 12.0. The van der Waals surface area contributed by atoms with Gasteiger partial charge in [-0.25, -0.2) is 0 Å². The van der Waals surface area contributed by atoms with E-state index in [1.165, 1.54) is 17.7 Å². The number of hydrogen-bond acceptors (Lipinski definition) is 3. The standard InChI is InChI=1S/C16H17FN2O2/c1-11-3-6-14(7-4-11)12(2)18-10-13-5-8-16(19(20)21)15(17)9-13/h3-9,12,18H,10H2,1-2H3/t12-/m1/s1. The van der Waals surface area contributed by atoms with Crippen LogP contribution < -0.4 is 5.32 Å². The van der Waals surface area contributed by atoms with E-state index in [0.717, 1.165) is 5.56 Å². The zero-order valence-corrected chi connectivity index (χ0v) is 12.0. The molecule has 0 unspecified atom stereocenters. The van der Waals surface area contributed by atoms with Crippen LogP contribution in [-0.2, 0) is 6.54 Å². The molecule has 0 saturated carbocycles. The quantitative estimate of drug-likeness (QED) is 0.670. The molecule has 0 fully saturated rings. The number of hydrogen-bond donors (Lipinski definition) is 1. The van der Waals surface area contributed by atoms with Crippen molar-refractivity contribution in [3.05, 3.63) is 75.1 Å². The number of aryl methyl sites for hydroxylation is 1. The number of nitrogens with zero attached hydrogens (tertiary/aromatic N) is 1. The van der Waals surface area contributed by atoms with Gasteiger partial charge in [0.15, 0.2) is 0 Å². The van der Waals surface area contributed by atoms with Crippen molar-refractivity contribution < 1.29 is 9.31 Å². The van der Waals surface area contributed by atoms with E-state index in [0.29, 0.717) is 12.1 Å². The third-order valence-corrected chi connectivity index (χ3v) is 3.40. The van der Waals surface area contributed by atoms with Crippen molar-refractivity contribution in [1.82, 2.24) is 5.32 Å². The van der Waals surface area contributed by atoms with Gasteiger partial charge < -0.3 is 5.32 Å². The second kappa shape index (κ2) is 6.45. The van der Waals surface area contributed by atoms with Crippen LogP contribution in [0, 0.1) is 22.9 Å². The Kier molecular flexibility index (Phi) is 4.65. The number of rotatable bonds is 5. The van der Waals surface area contributed by atoms with Gasteiger partial charge in [0.1, 0.15) is 0 Å². The van der Waals surface area contributed by atoms with E-state index in [1.807, 2.05) is 38.1 Å². The van der Waals surface area contributed by atoms with Crippen LogP contribution in [0.15, 0.2) is 42.5 Å². The largest absolute Gasteiger partial charge is 0.306 e. The Bertz CT molecular complexity index is 641. The summed E-state index contributed by atoms with van der Waals surface area (Å²) in [6.07, 6.45) is 0. The van der Waals surface area contributed by atoms with Crippen LogP contribution in [0.3, 0.4) is 0 Å². The Labute approximate surface area is 122 Å². The van der Waals surface area contributed by atoms with E-state index in [2.05, 4.69) is 5.32 Å². The summed E-state index contributed by atoms with van der Waals surface area (Å²) in [5.41, 5.74) is 2.52. The van der Waals surface area contributed by atoms with Crippen molar-refractivity contribution >= 4 is 5.69 Å². The second-order valence-electron chi connectivity index (χ2n) is 5.06. The maximum Gasteiger partial charge on any atom is 0.304 e. The molecule has 2 aromatic carbocycles. The van der Waals surface area contributed by atoms with Crippen molar-refractivity contribution in [3.8, 4) is 0 Å². The average Bonchev–Trinajstić information content (AvgIpc) is 2.45. The molecule has 0 amide bonds. The van der Waals surface area contributed by atoms with Crippen LogP contribution in [0.25, 0.3) is 0 Å². The number of nitro benzene ring substituents is 1. The first-order valence-electron chi connectivity index (χ1n) is 6.70. The summed E-state index contributed by atoms with van der Waals surface area (Å²) in [7, 11) is 0. The molecular weight excluding hydrogens is 271 g/mol. The Hall–Kier alpha value is -2.27. The minimum absolute atomic E-state index is 0.115. The normalized spacial score (nSPS) is 12.1. The van der Waals surface area contributed by atoms with Gasteiger partial charge in [0.25, 0.3) is 0 Å². The molecule has 0 spiro atoms. The van der Waals surface area contributed by atoms with E-state index in [1.54, 1.807) is 6.07 Å². The van der Waals surface area contributed by atoms with E-state index >= 15 is 0 Å². The molecule has 2 aromatic rings. The highest BCUT2D eigenvalue weighted by atomic mass is 19.1. The summed E-state index contributed by atoms with van der Waals surface area (Å²) in [4.78, 5) is 9.84. The second-order valence-corrected chi connectivity index (χ2v) is 5.06. The fourth-order valence-corrected chi connectivity index (χ4v) is 2.05. The fraction of sp³-hybridized carbons (Fsp3) is 0.250. The van der Waals surface area contributed by atoms with Crippen LogP contribution in [0.2, 0.25) is 0 Å². The van der Waals surface area contributed by atoms with Gasteiger partial charge in [-0.3, -0.25) is 10.1 Å². The lowest BCUT2D eigenvalue weighted by Gasteiger charge is -2.14. The Morgan fingerprint density at radius 2 is 1.90 bits per heavy atom. The summed E-state index contributed by atoms with van der Waals surface area (Å²) < 4.78 is 13.5. The van der Waals surface area contributed by atoms with Gasteiger partial charge in [0.2, 0.25) is 5.82 Å². The lowest BCUT2D eigenvalue weighted by Crippen LogP contribution is -2.18. The molecule has 0 aromatic heterocycles. The molecular formula is C16H17FN2O2. The number of benzene rings is 2. The molecule has 4 nitrogen and oxygen atoms in total. The van der Waals surface area contributed by atoms with Crippen molar-refractivity contribution in [3.63, 3.8) is 0 Å². The minimum atomic E-state index is -0.803. The summed E-state index contributed by atoms with van der Waals surface area (Å²) in [5, 5.41) is 13.8. The number of nitro groups is 1. The van der Waals surface area contributed by atoms with Crippen LogP contribution in [0.5, 0.6) is 0 Å². The van der Waals surface area contributed by atoms with Crippen molar-refractivity contribution in [2.45, 2.75) is 26.4 Å². The maximum atomic E-state index is 13.5. The van der Waals surface area contributed by atoms with E-state index in [4.69, 9.17) is 0 Å². The highest BCUT2D eigenvalue weighted by molar-refractivity contribution is 5.35. The zero-order chi connectivity index (χ0) is 15.4. The molecule has 0 aliphatic heterocycles. The van der Waals surface area contributed by atoms with Crippen molar-refractivity contribution in [2.24, 2.45) is 0 Å². The number of halogens is 1. The van der Waals surface area contributed by atoms with Gasteiger partial charge in [0.05, 0.1) is 4.92 Å². The Morgan fingerprint density at radius 3 is 2.48 bits per heavy atom. The van der Waals surface area contributed by atoms with Crippen LogP contribution in [-0.4, -0.2) is 4.92 Å². The molecule has 0 aliphatic rings. The highest BCUT2D eigenvalue weighted by Crippen LogP contribution is 2.19. The summed E-state index contributed by atoms with van der Waals surface area (Å²) in [6, 6.07) is 12.3. The van der Waals surface area contributed by atoms with E-state index in [9.17, 15) is 14.5 Å². The van der Waals surface area contributed by atoms with Crippen LogP contribution in [0.1, 0.15) is 29.7 Å². The molecule has 21 heavy (non-hydrogen) atoms. The van der Waals surface area contributed by atoms with E-state index < -0.39 is 16.4 Å². The SMILES string of the molecule is Cc1ccc([C@@H](C)NCc2ccc([N+](=O)[O-])c(F)c2)cc1. The predicted molar refractivity (Wildman–Crippen MR) is 79.5 cm³/mol. The first-order valence-corrected chi connectivity index (χ1v) is 6.70. The lowest BCUT2D eigenvalue weighted by atomic mass is 10.1. The molecule has 110 valence electrons. The molecule has 0 aliphatic carbocycles. The highest BCUT2D eigenvalue weighted by Gasteiger charge is 2.14. The molecule has 1 atom stereocenters. The van der Waals surface area contributed by atoms with Gasteiger partial charge in [0, 0.05) is 18.7 Å². The third kappa shape index (κ3) is 3.86. The topological polar surface area (TPSA) is 55.2 Å². The summed E-state index contributed by atoms with van der Waals surface area (Å²) in [5.74, 6) is -0.803. The molecule has 0 saturated heterocycles. The maximum absolute atomic E-state index is 13.5. The first kappa shape index (κ1) is 15.1. The molecule has 5 heteroatoms. The molecule has 0 bridgehead atoms. The summed E-state index contributed by atoms with van der Waals surface area (Å²) >= 11 is 0. The Morgan fingerprint density at radius 1 is 1.24 bits per heavy atom. The smallest absolute Gasteiger partial charge is 0.304 e. The fourth-order valence-electron chi connectivity index (χ4n) is 2.05. The minimum Gasteiger partial charge on any atom is -0.306 e. The van der Waals surface area contributed by atoms with Crippen molar-refractivity contribution in [1.29, 1.82) is 0 Å². The monoisotopic (exact) mass is 288 g/mol. The third-order valence-electron chi connectivity index (χ3n) is 3.40. The van der Waals surface area contributed by atoms with E-state index in [-0.39, 0.29) is 6.04 Å². The van der Waals surface area contributed by atoms with Gasteiger partial charge >= 0.3 is 5.69 Å². The summed E-state index contributed by atoms with van der Waals surface area (Å²) in [6.45, 7) is 4.50. The molecule has 1 N–H and O–H groups in total. The van der Waals surface area contributed by atoms with Gasteiger partial charge in [-0.2, -0.15) is 4.39 Å². The predicted octanol–water partition coefficient (Wildman–Crippen LogP) is 3.89. The average molecular weight is 288 g/mol. The lowest BCUT2D eigenvalue weighted by molar-refractivity contribution is -0.387. The molecule has 0 heterocycles. The van der Waals surface area contributed by atoms with Crippen LogP contribution >= 0.6 is 0 Å². The Balaban J connectivity index is 2.01. The molecule has 2 rings (SSSR count).